The summed E-state index contributed by atoms with van der Waals surface area (Å²) in [6.07, 6.45) is 20.3. The van der Waals surface area contributed by atoms with Gasteiger partial charge in [-0.25, -0.2) is 0 Å². The Labute approximate surface area is 246 Å². The number of aromatic nitrogens is 4. The fourth-order valence-electron chi connectivity index (χ4n) is 5.04. The zero-order valence-corrected chi connectivity index (χ0v) is 26.1. The number of carbonyl (C=O) groups is 1. The summed E-state index contributed by atoms with van der Waals surface area (Å²) in [6, 6.07) is 7.86. The Morgan fingerprint density at radius 1 is 0.825 bits per heavy atom. The minimum Gasteiger partial charge on any atom is -0.461 e. The summed E-state index contributed by atoms with van der Waals surface area (Å²) in [5, 5.41) is 9.70. The number of hydrogen-bond donors (Lipinski definition) is 1. The van der Waals surface area contributed by atoms with Gasteiger partial charge in [0.1, 0.15) is 11.6 Å². The highest BCUT2D eigenvalue weighted by molar-refractivity contribution is 6.34. The number of hydrogen-bond acceptors (Lipinski definition) is 4. The molecule has 0 saturated heterocycles. The van der Waals surface area contributed by atoms with E-state index < -0.39 is 0 Å². The van der Waals surface area contributed by atoms with Gasteiger partial charge in [0, 0.05) is 17.4 Å². The standard InChI is InChI=1S/C33H51ClN4O2/c1-5-6-7-8-9-10-11-12-13-14-15-16-17-18-19-20-28(39)40-25-26-21-23-27(24-22-26)31-35-32-29(34)30(33(2,3)4)36-38(32)37-31/h21-24H,5-20,25H2,1-4H3,(H,35,37). The zero-order chi connectivity index (χ0) is 28.8. The molecule has 0 fully saturated rings. The van der Waals surface area contributed by atoms with Crippen LogP contribution in [0.3, 0.4) is 0 Å². The van der Waals surface area contributed by atoms with E-state index >= 15 is 0 Å². The number of carbonyl (C=O) groups excluding carboxylic acids is 1. The molecule has 3 aromatic rings. The average Bonchev–Trinajstić information content (AvgIpc) is 3.49. The smallest absolute Gasteiger partial charge is 0.306 e. The fourth-order valence-corrected chi connectivity index (χ4v) is 5.49. The first kappa shape index (κ1) is 32.2. The Balaban J connectivity index is 1.23. The van der Waals surface area contributed by atoms with Crippen LogP contribution in [0.15, 0.2) is 24.3 Å². The van der Waals surface area contributed by atoms with Gasteiger partial charge in [-0.3, -0.25) is 4.79 Å². The second-order valence-electron chi connectivity index (χ2n) is 12.3. The number of benzene rings is 1. The van der Waals surface area contributed by atoms with Crippen molar-refractivity contribution < 1.29 is 9.53 Å². The van der Waals surface area contributed by atoms with E-state index in [4.69, 9.17) is 16.3 Å². The van der Waals surface area contributed by atoms with Crippen LogP contribution in [0.2, 0.25) is 5.02 Å². The van der Waals surface area contributed by atoms with Crippen molar-refractivity contribution >= 4 is 23.2 Å². The second kappa shape index (κ2) is 16.8. The molecule has 0 saturated carbocycles. The van der Waals surface area contributed by atoms with Crippen molar-refractivity contribution in [3.63, 3.8) is 0 Å². The van der Waals surface area contributed by atoms with Crippen molar-refractivity contribution in [2.75, 3.05) is 0 Å². The molecule has 0 aliphatic heterocycles. The maximum Gasteiger partial charge on any atom is 0.306 e. The van der Waals surface area contributed by atoms with Gasteiger partial charge in [-0.2, -0.15) is 5.10 Å². The Kier molecular flexibility index (Phi) is 13.5. The molecule has 2 heterocycles. The third-order valence-corrected chi connectivity index (χ3v) is 7.92. The van der Waals surface area contributed by atoms with E-state index in [0.717, 1.165) is 29.7 Å². The molecule has 0 radical (unpaired) electrons. The molecule has 0 unspecified atom stereocenters. The molecule has 6 nitrogen and oxygen atoms in total. The van der Waals surface area contributed by atoms with Crippen LogP contribution in [0.5, 0.6) is 0 Å². The molecule has 0 bridgehead atoms. The Morgan fingerprint density at radius 3 is 1.85 bits per heavy atom. The number of rotatable bonds is 19. The van der Waals surface area contributed by atoms with E-state index in [2.05, 4.69) is 42.9 Å². The minimum atomic E-state index is -0.156. The van der Waals surface area contributed by atoms with E-state index in [9.17, 15) is 4.79 Å². The average molecular weight is 571 g/mol. The Bertz CT molecular complexity index is 1140. The lowest BCUT2D eigenvalue weighted by molar-refractivity contribution is -0.145. The number of ether oxygens (including phenoxy) is 1. The summed E-state index contributed by atoms with van der Waals surface area (Å²) >= 11 is 6.54. The lowest BCUT2D eigenvalue weighted by Gasteiger charge is -2.14. The molecule has 0 spiro atoms. The number of aromatic amines is 1. The highest BCUT2D eigenvalue weighted by Gasteiger charge is 2.25. The van der Waals surface area contributed by atoms with E-state index in [1.807, 2.05) is 24.3 Å². The van der Waals surface area contributed by atoms with Gasteiger partial charge in [-0.1, -0.05) is 153 Å². The van der Waals surface area contributed by atoms with Crippen LogP contribution in [0.25, 0.3) is 17.0 Å². The molecule has 1 N–H and O–H groups in total. The van der Waals surface area contributed by atoms with Crippen LogP contribution >= 0.6 is 11.6 Å². The number of halogens is 1. The van der Waals surface area contributed by atoms with Crippen molar-refractivity contribution in [1.29, 1.82) is 0 Å². The predicted octanol–water partition coefficient (Wildman–Crippen LogP) is 9.98. The molecule has 2 aromatic heterocycles. The van der Waals surface area contributed by atoms with Crippen LogP contribution in [0.1, 0.15) is 142 Å². The molecule has 0 aliphatic carbocycles. The van der Waals surface area contributed by atoms with Crippen LogP contribution in [0.4, 0.5) is 0 Å². The highest BCUT2D eigenvalue weighted by Crippen LogP contribution is 2.31. The molecule has 1 aromatic carbocycles. The first-order valence-electron chi connectivity index (χ1n) is 15.7. The van der Waals surface area contributed by atoms with Gasteiger partial charge in [0.25, 0.3) is 0 Å². The summed E-state index contributed by atoms with van der Waals surface area (Å²) in [5.74, 6) is 0.580. The maximum absolute atomic E-state index is 12.2. The molecule has 0 atom stereocenters. The summed E-state index contributed by atoms with van der Waals surface area (Å²) in [4.78, 5) is 15.5. The molecular weight excluding hydrogens is 520 g/mol. The van der Waals surface area contributed by atoms with Gasteiger partial charge in [-0.15, -0.1) is 9.73 Å². The summed E-state index contributed by atoms with van der Waals surface area (Å²) < 4.78 is 7.06. The van der Waals surface area contributed by atoms with E-state index in [1.54, 1.807) is 4.63 Å². The van der Waals surface area contributed by atoms with E-state index in [-0.39, 0.29) is 11.4 Å². The normalized spacial score (nSPS) is 11.9. The van der Waals surface area contributed by atoms with Crippen molar-refractivity contribution in [3.05, 3.63) is 40.5 Å². The third kappa shape index (κ3) is 10.6. The van der Waals surface area contributed by atoms with Gasteiger partial charge >= 0.3 is 5.97 Å². The van der Waals surface area contributed by atoms with E-state index in [1.165, 1.54) is 83.5 Å². The van der Waals surface area contributed by atoms with E-state index in [0.29, 0.717) is 29.5 Å². The highest BCUT2D eigenvalue weighted by atomic mass is 35.5. The lowest BCUT2D eigenvalue weighted by atomic mass is 9.92. The largest absolute Gasteiger partial charge is 0.461 e. The zero-order valence-electron chi connectivity index (χ0n) is 25.4. The molecule has 3 rings (SSSR count). The summed E-state index contributed by atoms with van der Waals surface area (Å²) in [5.41, 5.74) is 3.24. The van der Waals surface area contributed by atoms with Crippen molar-refractivity contribution in [2.24, 2.45) is 0 Å². The third-order valence-electron chi connectivity index (χ3n) is 7.56. The second-order valence-corrected chi connectivity index (χ2v) is 12.7. The van der Waals surface area contributed by atoms with Crippen molar-refractivity contribution in [1.82, 2.24) is 19.8 Å². The van der Waals surface area contributed by atoms with Gasteiger partial charge < -0.3 is 9.72 Å². The number of H-pyrrole nitrogens is 1. The number of esters is 1. The number of fused-ring (bicyclic) bond motifs is 1. The monoisotopic (exact) mass is 570 g/mol. The molecule has 40 heavy (non-hydrogen) atoms. The SMILES string of the molecule is CCCCCCCCCCCCCCCCCC(=O)OCc1ccc(-c2nn3nc(C(C)(C)C)c(Cl)c3[nH]2)cc1. The maximum atomic E-state index is 12.2. The quantitative estimate of drug-likeness (QED) is 0.115. The van der Waals surface area contributed by atoms with Crippen LogP contribution in [-0.2, 0) is 21.6 Å². The van der Waals surface area contributed by atoms with Crippen molar-refractivity contribution in [2.45, 2.75) is 142 Å². The Morgan fingerprint density at radius 2 is 1.35 bits per heavy atom. The molecule has 222 valence electrons. The number of nitrogens with zero attached hydrogens (tertiary/aromatic N) is 3. The van der Waals surface area contributed by atoms with Gasteiger partial charge in [-0.05, 0) is 12.0 Å². The van der Waals surface area contributed by atoms with Crippen LogP contribution in [0, 0.1) is 0 Å². The first-order valence-corrected chi connectivity index (χ1v) is 16.1. The van der Waals surface area contributed by atoms with Crippen molar-refractivity contribution in [3.8, 4) is 11.4 Å². The van der Waals surface area contributed by atoms with Crippen LogP contribution < -0.4 is 0 Å². The molecule has 0 amide bonds. The Hall–Kier alpha value is -2.34. The first-order chi connectivity index (χ1) is 19.3. The number of unbranched alkanes of at least 4 members (excludes halogenated alkanes) is 14. The van der Waals surface area contributed by atoms with Gasteiger partial charge in [0.2, 0.25) is 0 Å². The molecular formula is C33H51ClN4O2. The fraction of sp³-hybridized carbons (Fsp3) is 0.667. The lowest BCUT2D eigenvalue weighted by Crippen LogP contribution is -2.12. The molecule has 7 heteroatoms. The minimum absolute atomic E-state index is 0.115. The summed E-state index contributed by atoms with van der Waals surface area (Å²) in [6.45, 7) is 8.80. The summed E-state index contributed by atoms with van der Waals surface area (Å²) in [7, 11) is 0. The molecule has 0 aliphatic rings. The van der Waals surface area contributed by atoms with Gasteiger partial charge in [0.15, 0.2) is 11.5 Å². The topological polar surface area (TPSA) is 72.3 Å². The van der Waals surface area contributed by atoms with Crippen LogP contribution in [-0.4, -0.2) is 25.8 Å². The van der Waals surface area contributed by atoms with Gasteiger partial charge in [0.05, 0.1) is 5.69 Å². The predicted molar refractivity (Wildman–Crippen MR) is 166 cm³/mol. The number of nitrogens with one attached hydrogen (secondary N) is 1.